The van der Waals surface area contributed by atoms with Crippen molar-refractivity contribution < 1.29 is 9.53 Å². The highest BCUT2D eigenvalue weighted by Gasteiger charge is 2.44. The summed E-state index contributed by atoms with van der Waals surface area (Å²) in [6.07, 6.45) is 3.07. The fourth-order valence-electron chi connectivity index (χ4n) is 4.33. The van der Waals surface area contributed by atoms with Gasteiger partial charge >= 0.3 is 0 Å². The highest BCUT2D eigenvalue weighted by Crippen LogP contribution is 2.48. The van der Waals surface area contributed by atoms with Gasteiger partial charge in [-0.15, -0.1) is 0 Å². The Labute approximate surface area is 155 Å². The molecular formula is C22H28N2O2. The number of benzene rings is 2. The van der Waals surface area contributed by atoms with Gasteiger partial charge in [-0.1, -0.05) is 42.5 Å². The summed E-state index contributed by atoms with van der Waals surface area (Å²) in [6.45, 7) is 3.45. The van der Waals surface area contributed by atoms with Crippen molar-refractivity contribution in [1.82, 2.24) is 10.6 Å². The molecule has 4 nitrogen and oxygen atoms in total. The maximum absolute atomic E-state index is 12.7. The third-order valence-corrected chi connectivity index (χ3v) is 6.08. The lowest BCUT2D eigenvalue weighted by atomic mass is 9.79. The van der Waals surface area contributed by atoms with Crippen LogP contribution in [-0.2, 0) is 9.53 Å². The molecule has 4 rings (SSSR count). The monoisotopic (exact) mass is 352 g/mol. The largest absolute Gasteiger partial charge is 0.384 e. The van der Waals surface area contributed by atoms with Crippen molar-refractivity contribution in [2.24, 2.45) is 11.3 Å². The van der Waals surface area contributed by atoms with Gasteiger partial charge < -0.3 is 15.4 Å². The number of rotatable bonds is 6. The van der Waals surface area contributed by atoms with E-state index in [-0.39, 0.29) is 17.2 Å². The quantitative estimate of drug-likeness (QED) is 0.840. The highest BCUT2D eigenvalue weighted by molar-refractivity contribution is 5.85. The van der Waals surface area contributed by atoms with Gasteiger partial charge in [0.05, 0.1) is 6.61 Å². The van der Waals surface area contributed by atoms with Gasteiger partial charge in [0, 0.05) is 25.0 Å². The van der Waals surface area contributed by atoms with E-state index in [0.29, 0.717) is 12.5 Å². The lowest BCUT2D eigenvalue weighted by Gasteiger charge is -2.37. The van der Waals surface area contributed by atoms with E-state index >= 15 is 0 Å². The number of ether oxygens (including phenoxy) is 1. The third-order valence-electron chi connectivity index (χ3n) is 6.08. The van der Waals surface area contributed by atoms with E-state index in [0.717, 1.165) is 38.9 Å². The highest BCUT2D eigenvalue weighted by atomic mass is 16.5. The van der Waals surface area contributed by atoms with Gasteiger partial charge in [-0.25, -0.2) is 0 Å². The van der Waals surface area contributed by atoms with Gasteiger partial charge in [0.1, 0.15) is 0 Å². The maximum Gasteiger partial charge on any atom is 0.223 e. The van der Waals surface area contributed by atoms with Crippen LogP contribution >= 0.6 is 0 Å². The van der Waals surface area contributed by atoms with Crippen LogP contribution in [0, 0.1) is 11.3 Å². The summed E-state index contributed by atoms with van der Waals surface area (Å²) in [4.78, 5) is 12.7. The Morgan fingerprint density at radius 3 is 2.73 bits per heavy atom. The zero-order chi connectivity index (χ0) is 18.0. The van der Waals surface area contributed by atoms with Crippen molar-refractivity contribution in [3.63, 3.8) is 0 Å². The number of carbonyl (C=O) groups is 1. The van der Waals surface area contributed by atoms with E-state index in [1.165, 1.54) is 16.3 Å². The van der Waals surface area contributed by atoms with E-state index < -0.39 is 0 Å². The summed E-state index contributed by atoms with van der Waals surface area (Å²) < 4.78 is 5.45. The molecule has 0 bridgehead atoms. The first-order chi connectivity index (χ1) is 12.7. The van der Waals surface area contributed by atoms with Crippen LogP contribution in [0.4, 0.5) is 0 Å². The molecule has 1 saturated carbocycles. The molecule has 0 radical (unpaired) electrons. The van der Waals surface area contributed by atoms with E-state index in [4.69, 9.17) is 4.74 Å². The van der Waals surface area contributed by atoms with Crippen molar-refractivity contribution in [2.75, 3.05) is 33.4 Å². The minimum atomic E-state index is 0.0863. The summed E-state index contributed by atoms with van der Waals surface area (Å²) in [5.74, 6) is 0.695. The number of nitrogens with one attached hydrogen (secondary N) is 2. The molecule has 2 fully saturated rings. The van der Waals surface area contributed by atoms with Crippen LogP contribution in [-0.4, -0.2) is 39.3 Å². The van der Waals surface area contributed by atoms with Crippen molar-refractivity contribution in [2.45, 2.75) is 25.2 Å². The lowest BCUT2D eigenvalue weighted by molar-refractivity contribution is -0.123. The van der Waals surface area contributed by atoms with Gasteiger partial charge in [0.15, 0.2) is 0 Å². The second kappa shape index (κ2) is 7.37. The van der Waals surface area contributed by atoms with Crippen LogP contribution in [0.1, 0.15) is 30.7 Å². The number of methoxy groups -OCH3 is 1. The van der Waals surface area contributed by atoms with Crippen molar-refractivity contribution in [3.8, 4) is 0 Å². The fourth-order valence-corrected chi connectivity index (χ4v) is 4.33. The van der Waals surface area contributed by atoms with Gasteiger partial charge in [-0.2, -0.15) is 0 Å². The molecule has 1 aliphatic heterocycles. The smallest absolute Gasteiger partial charge is 0.223 e. The number of hydrogen-bond acceptors (Lipinski definition) is 3. The Bertz CT molecular complexity index is 777. The second-order valence-corrected chi connectivity index (χ2v) is 7.96. The molecule has 26 heavy (non-hydrogen) atoms. The van der Waals surface area contributed by atoms with Crippen LogP contribution in [0.3, 0.4) is 0 Å². The average Bonchev–Trinajstić information content (AvgIpc) is 3.48. The first kappa shape index (κ1) is 17.5. The molecule has 2 atom stereocenters. The predicted octanol–water partition coefficient (Wildman–Crippen LogP) is 3.08. The summed E-state index contributed by atoms with van der Waals surface area (Å²) in [5.41, 5.74) is 1.38. The average molecular weight is 352 g/mol. The molecular weight excluding hydrogens is 324 g/mol. The number of amides is 1. The zero-order valence-corrected chi connectivity index (χ0v) is 15.5. The molecule has 0 aromatic heterocycles. The first-order valence-electron chi connectivity index (χ1n) is 9.67. The summed E-state index contributed by atoms with van der Waals surface area (Å²) in [5, 5.41) is 9.14. The molecule has 2 aromatic rings. The first-order valence-corrected chi connectivity index (χ1v) is 9.67. The van der Waals surface area contributed by atoms with Gasteiger partial charge in [0.25, 0.3) is 0 Å². The molecule has 1 aliphatic carbocycles. The number of hydrogen-bond donors (Lipinski definition) is 2. The molecule has 1 heterocycles. The van der Waals surface area contributed by atoms with Gasteiger partial charge in [-0.3, -0.25) is 4.79 Å². The molecule has 1 amide bonds. The van der Waals surface area contributed by atoms with Crippen LogP contribution in [0.25, 0.3) is 10.8 Å². The Balaban J connectivity index is 1.37. The standard InChI is InChI=1S/C22H28N2O2/c1-26-15-22(8-10-23-11-9-22)14-24-21(25)20-13-19(20)18-7-6-16-4-2-3-5-17(16)12-18/h2-7,12,19-20,23H,8-11,13-15H2,1H3,(H,24,25). The van der Waals surface area contributed by atoms with Gasteiger partial charge in [0.2, 0.25) is 5.91 Å². The molecule has 1 saturated heterocycles. The van der Waals surface area contributed by atoms with Crippen molar-refractivity contribution in [1.29, 1.82) is 0 Å². The summed E-state index contributed by atoms with van der Waals surface area (Å²) >= 11 is 0. The predicted molar refractivity (Wildman–Crippen MR) is 104 cm³/mol. The van der Waals surface area contributed by atoms with E-state index in [9.17, 15) is 4.79 Å². The molecule has 4 heteroatoms. The molecule has 2 N–H and O–H groups in total. The van der Waals surface area contributed by atoms with Crippen LogP contribution in [0.2, 0.25) is 0 Å². The molecule has 2 aromatic carbocycles. The molecule has 0 spiro atoms. The van der Waals surface area contributed by atoms with Crippen LogP contribution < -0.4 is 10.6 Å². The van der Waals surface area contributed by atoms with Crippen LogP contribution in [0.5, 0.6) is 0 Å². The van der Waals surface area contributed by atoms with Crippen molar-refractivity contribution in [3.05, 3.63) is 48.0 Å². The number of piperidine rings is 1. The molecule has 138 valence electrons. The summed E-state index contributed by atoms with van der Waals surface area (Å²) in [7, 11) is 1.75. The SMILES string of the molecule is COCC1(CNC(=O)C2CC2c2ccc3ccccc3c2)CCNCC1. The minimum absolute atomic E-state index is 0.0863. The van der Waals surface area contributed by atoms with Crippen molar-refractivity contribution >= 4 is 16.7 Å². The normalized spacial score (nSPS) is 24.3. The van der Waals surface area contributed by atoms with E-state index in [1.807, 2.05) is 0 Å². The molecule has 2 unspecified atom stereocenters. The van der Waals surface area contributed by atoms with E-state index in [1.54, 1.807) is 7.11 Å². The third kappa shape index (κ3) is 3.62. The summed E-state index contributed by atoms with van der Waals surface area (Å²) in [6, 6.07) is 15.0. The topological polar surface area (TPSA) is 50.4 Å². The Morgan fingerprint density at radius 2 is 1.96 bits per heavy atom. The Kier molecular flexibility index (Phi) is 4.96. The second-order valence-electron chi connectivity index (χ2n) is 7.96. The molecule has 2 aliphatic rings. The Hall–Kier alpha value is -1.91. The minimum Gasteiger partial charge on any atom is -0.384 e. The zero-order valence-electron chi connectivity index (χ0n) is 15.5. The van der Waals surface area contributed by atoms with Crippen LogP contribution in [0.15, 0.2) is 42.5 Å². The van der Waals surface area contributed by atoms with E-state index in [2.05, 4.69) is 53.1 Å². The number of carbonyl (C=O) groups excluding carboxylic acids is 1. The van der Waals surface area contributed by atoms with Gasteiger partial charge in [-0.05, 0) is 54.6 Å². The number of fused-ring (bicyclic) bond motifs is 1. The fraction of sp³-hybridized carbons (Fsp3) is 0.500. The Morgan fingerprint density at radius 1 is 1.19 bits per heavy atom. The lowest BCUT2D eigenvalue weighted by Crippen LogP contribution is -2.47. The maximum atomic E-state index is 12.7.